The van der Waals surface area contributed by atoms with E-state index in [1.54, 1.807) is 0 Å². The normalized spacial score (nSPS) is 25.4. The molecule has 0 aromatic carbocycles. The highest BCUT2D eigenvalue weighted by Crippen LogP contribution is 2.36. The Morgan fingerprint density at radius 1 is 1.26 bits per heavy atom. The number of rotatable bonds is 5. The van der Waals surface area contributed by atoms with Crippen LogP contribution in [-0.4, -0.2) is 24.5 Å². The Morgan fingerprint density at radius 2 is 2.11 bits per heavy atom. The van der Waals surface area contributed by atoms with E-state index in [1.165, 1.54) is 50.6 Å². The molecule has 19 heavy (non-hydrogen) atoms. The minimum Gasteiger partial charge on any atom is -0.468 e. The third-order valence-corrected chi connectivity index (χ3v) is 4.81. The van der Waals surface area contributed by atoms with Crippen LogP contribution in [0, 0.1) is 5.92 Å². The molecule has 0 spiro atoms. The molecule has 2 heterocycles. The fourth-order valence-corrected chi connectivity index (χ4v) is 3.93. The van der Waals surface area contributed by atoms with Crippen LogP contribution in [0.25, 0.3) is 0 Å². The second-order valence-corrected chi connectivity index (χ2v) is 6.18. The van der Waals surface area contributed by atoms with E-state index in [9.17, 15) is 0 Å². The predicted octanol–water partition coefficient (Wildman–Crippen LogP) is 3.15. The highest BCUT2D eigenvalue weighted by molar-refractivity contribution is 5.13. The first-order valence-corrected chi connectivity index (χ1v) is 7.82. The maximum absolute atomic E-state index is 5.71. The van der Waals surface area contributed by atoms with Crippen molar-refractivity contribution in [3.05, 3.63) is 23.7 Å². The molecule has 3 nitrogen and oxygen atoms in total. The zero-order chi connectivity index (χ0) is 13.1. The van der Waals surface area contributed by atoms with E-state index in [-0.39, 0.29) is 0 Å². The van der Waals surface area contributed by atoms with Crippen LogP contribution in [0.1, 0.15) is 49.8 Å². The summed E-state index contributed by atoms with van der Waals surface area (Å²) in [5.41, 5.74) is 1.26. The maximum atomic E-state index is 5.71. The molecule has 1 saturated carbocycles. The van der Waals surface area contributed by atoms with Gasteiger partial charge in [-0.05, 0) is 51.3 Å². The minimum absolute atomic E-state index is 0.820. The molecule has 3 heteroatoms. The van der Waals surface area contributed by atoms with Crippen molar-refractivity contribution in [3.63, 3.8) is 0 Å². The molecule has 1 atom stereocenters. The summed E-state index contributed by atoms with van der Waals surface area (Å²) in [4.78, 5) is 2.66. The molecule has 106 valence electrons. The molecule has 1 saturated heterocycles. The lowest BCUT2D eigenvalue weighted by atomic mass is 9.96. The minimum atomic E-state index is 0.820. The third kappa shape index (κ3) is 3.03. The molecular formula is C16H26N2O. The largest absolute Gasteiger partial charge is 0.468 e. The van der Waals surface area contributed by atoms with Gasteiger partial charge in [0.15, 0.2) is 0 Å². The number of nitrogens with one attached hydrogen (secondary N) is 1. The van der Waals surface area contributed by atoms with E-state index in [1.807, 2.05) is 13.3 Å². The SMILES string of the molecule is CNCc1coc(CN2CCCC2C2CCCC2)c1. The first-order valence-electron chi connectivity index (χ1n) is 7.82. The number of hydrogen-bond acceptors (Lipinski definition) is 3. The molecule has 1 aliphatic carbocycles. The highest BCUT2D eigenvalue weighted by Gasteiger charge is 2.33. The molecule has 2 fully saturated rings. The fraction of sp³-hybridized carbons (Fsp3) is 0.750. The lowest BCUT2D eigenvalue weighted by Crippen LogP contribution is -2.34. The van der Waals surface area contributed by atoms with Crippen LogP contribution in [-0.2, 0) is 13.1 Å². The zero-order valence-electron chi connectivity index (χ0n) is 12.0. The van der Waals surface area contributed by atoms with E-state index in [2.05, 4.69) is 16.3 Å². The molecule has 1 N–H and O–H groups in total. The molecule has 1 unspecified atom stereocenters. The molecule has 1 aliphatic heterocycles. The summed E-state index contributed by atoms with van der Waals surface area (Å²) in [6, 6.07) is 3.03. The van der Waals surface area contributed by atoms with E-state index >= 15 is 0 Å². The van der Waals surface area contributed by atoms with Gasteiger partial charge in [0.1, 0.15) is 5.76 Å². The van der Waals surface area contributed by atoms with Crippen LogP contribution in [0.15, 0.2) is 16.7 Å². The van der Waals surface area contributed by atoms with Gasteiger partial charge >= 0.3 is 0 Å². The van der Waals surface area contributed by atoms with E-state index in [4.69, 9.17) is 4.42 Å². The van der Waals surface area contributed by atoms with Crippen LogP contribution >= 0.6 is 0 Å². The van der Waals surface area contributed by atoms with Gasteiger partial charge < -0.3 is 9.73 Å². The van der Waals surface area contributed by atoms with Gasteiger partial charge in [0.2, 0.25) is 0 Å². The Labute approximate surface area is 116 Å². The van der Waals surface area contributed by atoms with Gasteiger partial charge in [0.05, 0.1) is 12.8 Å². The van der Waals surface area contributed by atoms with Gasteiger partial charge in [-0.15, -0.1) is 0 Å². The standard InChI is InChI=1S/C16H26N2O/c1-17-10-13-9-15(19-12-13)11-18-8-4-7-16(18)14-5-2-3-6-14/h9,12,14,16-17H,2-8,10-11H2,1H3. The molecule has 0 bridgehead atoms. The van der Waals surface area contributed by atoms with Crippen LogP contribution < -0.4 is 5.32 Å². The lowest BCUT2D eigenvalue weighted by Gasteiger charge is -2.28. The van der Waals surface area contributed by atoms with Crippen molar-refractivity contribution in [1.29, 1.82) is 0 Å². The van der Waals surface area contributed by atoms with Crippen LogP contribution in [0.4, 0.5) is 0 Å². The number of likely N-dealkylation sites (tertiary alicyclic amines) is 1. The average molecular weight is 262 g/mol. The number of furan rings is 1. The summed E-state index contributed by atoms with van der Waals surface area (Å²) in [5.74, 6) is 2.09. The molecule has 0 amide bonds. The molecule has 3 rings (SSSR count). The van der Waals surface area contributed by atoms with Gasteiger partial charge in [-0.2, -0.15) is 0 Å². The first-order chi connectivity index (χ1) is 9.36. The molecular weight excluding hydrogens is 236 g/mol. The maximum Gasteiger partial charge on any atom is 0.118 e. The van der Waals surface area contributed by atoms with Crippen molar-refractivity contribution in [2.24, 2.45) is 5.92 Å². The van der Waals surface area contributed by atoms with Crippen molar-refractivity contribution in [1.82, 2.24) is 10.2 Å². The van der Waals surface area contributed by atoms with Gasteiger partial charge in [0, 0.05) is 18.2 Å². The lowest BCUT2D eigenvalue weighted by molar-refractivity contribution is 0.171. The Hall–Kier alpha value is -0.800. The monoisotopic (exact) mass is 262 g/mol. The first kappa shape index (κ1) is 13.2. The Kier molecular flexibility index (Phi) is 4.24. The quantitative estimate of drug-likeness (QED) is 0.883. The number of hydrogen-bond donors (Lipinski definition) is 1. The molecule has 1 aromatic rings. The van der Waals surface area contributed by atoms with E-state index in [0.29, 0.717) is 0 Å². The smallest absolute Gasteiger partial charge is 0.118 e. The fourth-order valence-electron chi connectivity index (χ4n) is 3.93. The Morgan fingerprint density at radius 3 is 2.89 bits per heavy atom. The van der Waals surface area contributed by atoms with Crippen LogP contribution in [0.5, 0.6) is 0 Å². The summed E-state index contributed by atoms with van der Waals surface area (Å²) in [6.07, 6.45) is 10.4. The predicted molar refractivity (Wildman–Crippen MR) is 76.9 cm³/mol. The van der Waals surface area contributed by atoms with Gasteiger partial charge in [-0.1, -0.05) is 12.8 Å². The Balaban J connectivity index is 1.60. The van der Waals surface area contributed by atoms with Crippen molar-refractivity contribution in [3.8, 4) is 0 Å². The third-order valence-electron chi connectivity index (χ3n) is 4.81. The molecule has 2 aliphatic rings. The molecule has 1 aromatic heterocycles. The van der Waals surface area contributed by atoms with Crippen molar-refractivity contribution < 1.29 is 4.42 Å². The second-order valence-electron chi connectivity index (χ2n) is 6.18. The van der Waals surface area contributed by atoms with Crippen molar-refractivity contribution in [2.75, 3.05) is 13.6 Å². The number of nitrogens with zero attached hydrogens (tertiary/aromatic N) is 1. The molecule has 0 radical (unpaired) electrons. The van der Waals surface area contributed by atoms with Crippen LogP contribution in [0.3, 0.4) is 0 Å². The van der Waals surface area contributed by atoms with E-state index < -0.39 is 0 Å². The van der Waals surface area contributed by atoms with Crippen molar-refractivity contribution >= 4 is 0 Å². The highest BCUT2D eigenvalue weighted by atomic mass is 16.3. The summed E-state index contributed by atoms with van der Waals surface area (Å²) in [6.45, 7) is 3.16. The average Bonchev–Trinajstić information content (AvgIpc) is 3.11. The van der Waals surface area contributed by atoms with Crippen LogP contribution in [0.2, 0.25) is 0 Å². The summed E-state index contributed by atoms with van der Waals surface area (Å²) >= 11 is 0. The Bertz CT molecular complexity index is 395. The van der Waals surface area contributed by atoms with Gasteiger partial charge in [-0.25, -0.2) is 0 Å². The zero-order valence-corrected chi connectivity index (χ0v) is 12.0. The van der Waals surface area contributed by atoms with Gasteiger partial charge in [-0.3, -0.25) is 4.90 Å². The summed E-state index contributed by atoms with van der Waals surface area (Å²) < 4.78 is 5.71. The van der Waals surface area contributed by atoms with Gasteiger partial charge in [0.25, 0.3) is 0 Å². The topological polar surface area (TPSA) is 28.4 Å². The second kappa shape index (κ2) is 6.10. The summed E-state index contributed by atoms with van der Waals surface area (Å²) in [5, 5.41) is 3.17. The van der Waals surface area contributed by atoms with Crippen molar-refractivity contribution in [2.45, 2.75) is 57.7 Å². The van der Waals surface area contributed by atoms with E-state index in [0.717, 1.165) is 30.8 Å². The summed E-state index contributed by atoms with van der Waals surface area (Å²) in [7, 11) is 1.98.